The van der Waals surface area contributed by atoms with Crippen molar-refractivity contribution in [1.29, 1.82) is 0 Å². The van der Waals surface area contributed by atoms with Crippen molar-refractivity contribution in [1.82, 2.24) is 0 Å². The highest BCUT2D eigenvalue weighted by molar-refractivity contribution is 4.47. The first kappa shape index (κ1) is 11.7. The van der Waals surface area contributed by atoms with E-state index in [1.807, 2.05) is 13.8 Å². The van der Waals surface area contributed by atoms with Crippen molar-refractivity contribution < 1.29 is 0 Å². The second kappa shape index (κ2) is 4.80. The Morgan fingerprint density at radius 1 is 1.00 bits per heavy atom. The summed E-state index contributed by atoms with van der Waals surface area (Å²) in [5.41, 5.74) is 5.61. The summed E-state index contributed by atoms with van der Waals surface area (Å²) in [5.74, 6) is 0. The van der Waals surface area contributed by atoms with E-state index in [0.717, 1.165) is 0 Å². The molecule has 0 bridgehead atoms. The molecule has 0 aliphatic heterocycles. The highest BCUT2D eigenvalue weighted by Gasteiger charge is 1.95. The molecule has 0 saturated heterocycles. The van der Waals surface area contributed by atoms with Crippen LogP contribution in [0.25, 0.3) is 0 Å². The van der Waals surface area contributed by atoms with Gasteiger partial charge in [-0.3, -0.25) is 0 Å². The molecule has 0 amide bonds. The van der Waals surface area contributed by atoms with E-state index in [2.05, 4.69) is 27.7 Å². The third-order valence-electron chi connectivity index (χ3n) is 0. The van der Waals surface area contributed by atoms with Crippen molar-refractivity contribution in [3.8, 4) is 0 Å². The van der Waals surface area contributed by atoms with E-state index in [-0.39, 0.29) is 0 Å². The first-order chi connectivity index (χ1) is 3.73. The molecule has 0 radical (unpaired) electrons. The Hall–Kier alpha value is -0.0400. The first-order valence-electron chi connectivity index (χ1n) is 3.49. The number of hydrogen-bond donors (Lipinski definition) is 1. The van der Waals surface area contributed by atoms with Gasteiger partial charge in [-0.05, 0) is 11.5 Å². The Morgan fingerprint density at radius 3 is 1.00 bits per heavy atom. The van der Waals surface area contributed by atoms with E-state index in [9.17, 15) is 0 Å². The van der Waals surface area contributed by atoms with Crippen LogP contribution in [-0.4, -0.2) is 6.04 Å². The Labute approximate surface area is 59.6 Å². The summed E-state index contributed by atoms with van der Waals surface area (Å²) >= 11 is 0. The third-order valence-corrected chi connectivity index (χ3v) is 0. The van der Waals surface area contributed by atoms with Crippen molar-refractivity contribution in [2.24, 2.45) is 11.1 Å². The van der Waals surface area contributed by atoms with Gasteiger partial charge >= 0.3 is 0 Å². The van der Waals surface area contributed by atoms with Crippen LogP contribution in [-0.2, 0) is 0 Å². The molecule has 0 spiro atoms. The van der Waals surface area contributed by atoms with Crippen LogP contribution < -0.4 is 5.73 Å². The Morgan fingerprint density at radius 2 is 1.00 bits per heavy atom. The second-order valence-corrected chi connectivity index (χ2v) is 4.24. The van der Waals surface area contributed by atoms with Gasteiger partial charge in [0.2, 0.25) is 0 Å². The molecule has 0 aromatic rings. The Kier molecular flexibility index (Phi) is 6.25. The standard InChI is InChI=1S/C5H12.C3H9N/c1-5(2,3)4;1-3(2)4/h1-4H3;3H,4H2,1-2H3. The molecule has 9 heavy (non-hydrogen) atoms. The SMILES string of the molecule is CC(C)(C)C.CC(C)N. The molecule has 0 rings (SSSR count). The van der Waals surface area contributed by atoms with Gasteiger partial charge in [-0.1, -0.05) is 41.5 Å². The zero-order valence-corrected chi connectivity index (χ0v) is 7.65. The topological polar surface area (TPSA) is 26.0 Å². The first-order valence-corrected chi connectivity index (χ1v) is 3.49. The smallest absolute Gasteiger partial charge is 0.00179 e. The van der Waals surface area contributed by atoms with E-state index in [1.54, 1.807) is 0 Å². The lowest BCUT2D eigenvalue weighted by Gasteiger charge is -2.05. The van der Waals surface area contributed by atoms with Crippen LogP contribution >= 0.6 is 0 Å². The molecule has 0 aromatic carbocycles. The van der Waals surface area contributed by atoms with E-state index < -0.39 is 0 Å². The van der Waals surface area contributed by atoms with E-state index >= 15 is 0 Å². The molecule has 2 N–H and O–H groups in total. The van der Waals surface area contributed by atoms with Crippen LogP contribution in [0.15, 0.2) is 0 Å². The number of hydrogen-bond acceptors (Lipinski definition) is 1. The summed E-state index contributed by atoms with van der Waals surface area (Å²) in [6.07, 6.45) is 0. The molecule has 1 heteroatoms. The fraction of sp³-hybridized carbons (Fsp3) is 1.00. The van der Waals surface area contributed by atoms with Crippen LogP contribution in [0.4, 0.5) is 0 Å². The largest absolute Gasteiger partial charge is 0.328 e. The molecule has 0 unspecified atom stereocenters. The molecule has 58 valence electrons. The van der Waals surface area contributed by atoms with Gasteiger partial charge < -0.3 is 5.73 Å². The van der Waals surface area contributed by atoms with Gasteiger partial charge in [-0.2, -0.15) is 0 Å². The van der Waals surface area contributed by atoms with E-state index in [4.69, 9.17) is 5.73 Å². The maximum Gasteiger partial charge on any atom is -0.00179 e. The molecule has 0 aliphatic rings. The molecule has 0 aromatic heterocycles. The molecule has 0 saturated carbocycles. The van der Waals surface area contributed by atoms with Gasteiger partial charge in [-0.15, -0.1) is 0 Å². The highest BCUT2D eigenvalue weighted by Crippen LogP contribution is 2.07. The predicted molar refractivity (Wildman–Crippen MR) is 44.5 cm³/mol. The lowest BCUT2D eigenvalue weighted by atomic mass is 10.0. The van der Waals surface area contributed by atoms with Crippen LogP contribution in [0.3, 0.4) is 0 Å². The van der Waals surface area contributed by atoms with E-state index in [1.165, 1.54) is 0 Å². The summed E-state index contributed by atoms with van der Waals surface area (Å²) in [7, 11) is 0. The normalized spacial score (nSPS) is 10.7. The van der Waals surface area contributed by atoms with Crippen LogP contribution in [0, 0.1) is 5.41 Å². The molecule has 0 heterocycles. The molecular formula is C8H21N. The minimum Gasteiger partial charge on any atom is -0.328 e. The van der Waals surface area contributed by atoms with Gasteiger partial charge in [0.15, 0.2) is 0 Å². The van der Waals surface area contributed by atoms with Crippen molar-refractivity contribution in [3.05, 3.63) is 0 Å². The average molecular weight is 131 g/mol. The molecule has 0 fully saturated rings. The van der Waals surface area contributed by atoms with E-state index in [0.29, 0.717) is 11.5 Å². The van der Waals surface area contributed by atoms with Crippen LogP contribution in [0.1, 0.15) is 41.5 Å². The van der Waals surface area contributed by atoms with Crippen LogP contribution in [0.2, 0.25) is 0 Å². The average Bonchev–Trinajstić information content (AvgIpc) is 1.19. The summed E-state index contributed by atoms with van der Waals surface area (Å²) in [5, 5.41) is 0. The fourth-order valence-electron chi connectivity index (χ4n) is 0. The molecular weight excluding hydrogens is 110 g/mol. The summed E-state index contributed by atoms with van der Waals surface area (Å²) in [4.78, 5) is 0. The minimum absolute atomic E-state index is 0.333. The summed E-state index contributed by atoms with van der Waals surface area (Å²) in [6.45, 7) is 12.6. The quantitative estimate of drug-likeness (QED) is 0.537. The summed E-state index contributed by atoms with van der Waals surface area (Å²) < 4.78 is 0. The van der Waals surface area contributed by atoms with Gasteiger partial charge in [0.25, 0.3) is 0 Å². The van der Waals surface area contributed by atoms with Crippen molar-refractivity contribution in [2.45, 2.75) is 47.6 Å². The fourth-order valence-corrected chi connectivity index (χ4v) is 0. The molecule has 0 atom stereocenters. The molecule has 1 nitrogen and oxygen atoms in total. The lowest BCUT2D eigenvalue weighted by Crippen LogP contribution is -2.06. The minimum atomic E-state index is 0.333. The second-order valence-electron chi connectivity index (χ2n) is 4.24. The number of rotatable bonds is 0. The van der Waals surface area contributed by atoms with Gasteiger partial charge in [0, 0.05) is 0 Å². The third kappa shape index (κ3) is 177000. The maximum atomic E-state index is 5.11. The van der Waals surface area contributed by atoms with Crippen LogP contribution in [0.5, 0.6) is 0 Å². The number of nitrogens with two attached hydrogens (primary N) is 1. The van der Waals surface area contributed by atoms with Crippen molar-refractivity contribution in [3.63, 3.8) is 0 Å². The van der Waals surface area contributed by atoms with Gasteiger partial charge in [0.1, 0.15) is 0 Å². The highest BCUT2D eigenvalue weighted by atomic mass is 14.6. The summed E-state index contributed by atoms with van der Waals surface area (Å²) in [6, 6.07) is 0.333. The van der Waals surface area contributed by atoms with Gasteiger partial charge in [0.05, 0.1) is 0 Å². The monoisotopic (exact) mass is 131 g/mol. The maximum absolute atomic E-state index is 5.11. The predicted octanol–water partition coefficient (Wildman–Crippen LogP) is 2.41. The van der Waals surface area contributed by atoms with Crippen molar-refractivity contribution >= 4 is 0 Å². The lowest BCUT2D eigenvalue weighted by molar-refractivity contribution is 0.469. The Bertz CT molecular complexity index is 41.3. The Balaban J connectivity index is 0. The zero-order valence-electron chi connectivity index (χ0n) is 7.65. The molecule has 0 aliphatic carbocycles. The zero-order chi connectivity index (χ0) is 8.08. The van der Waals surface area contributed by atoms with Gasteiger partial charge in [-0.25, -0.2) is 0 Å². The van der Waals surface area contributed by atoms with Crippen molar-refractivity contribution in [2.75, 3.05) is 0 Å².